The largest absolute Gasteiger partial charge is 0.491 e. The number of allylic oxidation sites excluding steroid dienone is 1. The van der Waals surface area contributed by atoms with Gasteiger partial charge in [0.25, 0.3) is 5.56 Å². The highest BCUT2D eigenvalue weighted by atomic mass is 32.1. The lowest BCUT2D eigenvalue weighted by Crippen LogP contribution is -2.22. The summed E-state index contributed by atoms with van der Waals surface area (Å²) in [6.07, 6.45) is 6.75. The molecule has 0 atom stereocenters. The van der Waals surface area contributed by atoms with Gasteiger partial charge in [0.05, 0.1) is 22.1 Å². The Morgan fingerprint density at radius 1 is 0.971 bits per heavy atom. The van der Waals surface area contributed by atoms with Crippen LogP contribution < -0.4 is 14.8 Å². The Morgan fingerprint density at radius 2 is 1.74 bits per heavy atom. The number of hydrogen-bond donors (Lipinski definition) is 0. The molecule has 172 valence electrons. The highest BCUT2D eigenvalue weighted by Gasteiger charge is 2.12. The molecule has 5 nitrogen and oxygen atoms in total. The fraction of sp³-hybridized carbons (Fsp3) is 0.103. The first-order valence-corrected chi connectivity index (χ1v) is 12.4. The zero-order valence-electron chi connectivity index (χ0n) is 19.1. The van der Waals surface area contributed by atoms with E-state index in [-0.39, 0.29) is 5.56 Å². The summed E-state index contributed by atoms with van der Waals surface area (Å²) in [6.45, 7) is 5.07. The lowest BCUT2D eigenvalue weighted by molar-refractivity contribution is 0.298. The van der Waals surface area contributed by atoms with Crippen LogP contribution in [0.1, 0.15) is 11.1 Å². The number of aromatic nitrogens is 3. The summed E-state index contributed by atoms with van der Waals surface area (Å²) in [5, 5.41) is 1.11. The van der Waals surface area contributed by atoms with E-state index in [1.165, 1.54) is 11.3 Å². The summed E-state index contributed by atoms with van der Waals surface area (Å²) in [4.78, 5) is 18.6. The minimum Gasteiger partial charge on any atom is -0.491 e. The summed E-state index contributed by atoms with van der Waals surface area (Å²) >= 11 is 1.43. The first-order valence-electron chi connectivity index (χ1n) is 11.5. The summed E-state index contributed by atoms with van der Waals surface area (Å²) in [5.41, 5.74) is 4.91. The molecule has 0 saturated heterocycles. The van der Waals surface area contributed by atoms with Crippen molar-refractivity contribution in [1.82, 2.24) is 14.0 Å². The van der Waals surface area contributed by atoms with Gasteiger partial charge in [0, 0.05) is 22.7 Å². The summed E-state index contributed by atoms with van der Waals surface area (Å²) in [6, 6.07) is 24.1. The number of benzene rings is 3. The van der Waals surface area contributed by atoms with E-state index in [4.69, 9.17) is 4.74 Å². The minimum absolute atomic E-state index is 0.0299. The number of thiazole rings is 1. The molecule has 6 aromatic rings. The Labute approximate surface area is 205 Å². The van der Waals surface area contributed by atoms with Gasteiger partial charge in [-0.2, -0.15) is 0 Å². The maximum Gasteiger partial charge on any atom is 0.274 e. The molecule has 6 heteroatoms. The van der Waals surface area contributed by atoms with Crippen LogP contribution in [0.15, 0.2) is 96.4 Å². The molecule has 0 fully saturated rings. The lowest BCUT2D eigenvalue weighted by atomic mass is 10.1. The fourth-order valence-corrected chi connectivity index (χ4v) is 5.53. The Morgan fingerprint density at radius 3 is 2.63 bits per heavy atom. The quantitative estimate of drug-likeness (QED) is 0.296. The molecule has 0 aliphatic carbocycles. The van der Waals surface area contributed by atoms with E-state index in [1.807, 2.05) is 66.7 Å². The number of ether oxygens (including phenoxy) is 1. The van der Waals surface area contributed by atoms with Crippen LogP contribution in [-0.2, 0) is 13.0 Å². The molecule has 0 N–H and O–H groups in total. The topological polar surface area (TPSA) is 48.5 Å². The predicted octanol–water partition coefficient (Wildman–Crippen LogP) is 5.22. The van der Waals surface area contributed by atoms with Gasteiger partial charge in [0.15, 0.2) is 4.96 Å². The molecule has 3 aromatic carbocycles. The van der Waals surface area contributed by atoms with Gasteiger partial charge in [0.1, 0.15) is 12.4 Å². The van der Waals surface area contributed by atoms with E-state index in [2.05, 4.69) is 40.5 Å². The Kier molecular flexibility index (Phi) is 5.43. The van der Waals surface area contributed by atoms with Crippen LogP contribution in [0, 0.1) is 0 Å². The highest BCUT2D eigenvalue weighted by Crippen LogP contribution is 2.23. The highest BCUT2D eigenvalue weighted by molar-refractivity contribution is 7.15. The maximum atomic E-state index is 13.2. The van der Waals surface area contributed by atoms with E-state index < -0.39 is 0 Å². The van der Waals surface area contributed by atoms with Gasteiger partial charge < -0.3 is 9.30 Å². The van der Waals surface area contributed by atoms with Crippen LogP contribution in [0.4, 0.5) is 0 Å². The molecule has 0 aliphatic rings. The van der Waals surface area contributed by atoms with Gasteiger partial charge >= 0.3 is 0 Å². The Balaban J connectivity index is 1.35. The van der Waals surface area contributed by atoms with Gasteiger partial charge in [-0.3, -0.25) is 4.79 Å². The number of rotatable bonds is 7. The van der Waals surface area contributed by atoms with Gasteiger partial charge in [-0.1, -0.05) is 65.9 Å². The SMILES string of the molecule is C=CCc1ccccc1OCCn1cc(/C=c2\sc3nc4ccccc4n3c2=O)c2ccccc21. The van der Waals surface area contributed by atoms with Crippen LogP contribution >= 0.6 is 11.3 Å². The van der Waals surface area contributed by atoms with Crippen molar-refractivity contribution in [2.75, 3.05) is 6.61 Å². The molecule has 0 spiro atoms. The van der Waals surface area contributed by atoms with Crippen molar-refractivity contribution in [1.29, 1.82) is 0 Å². The number of imidazole rings is 1. The van der Waals surface area contributed by atoms with Crippen molar-refractivity contribution in [3.8, 4) is 5.75 Å². The summed E-state index contributed by atoms with van der Waals surface area (Å²) in [5.74, 6) is 0.890. The van der Waals surface area contributed by atoms with Gasteiger partial charge in [-0.15, -0.1) is 6.58 Å². The molecular formula is C29H23N3O2S. The molecule has 0 radical (unpaired) electrons. The zero-order valence-corrected chi connectivity index (χ0v) is 19.9. The van der Waals surface area contributed by atoms with Gasteiger partial charge in [-0.25, -0.2) is 9.38 Å². The average molecular weight is 478 g/mol. The smallest absolute Gasteiger partial charge is 0.274 e. The second-order valence-corrected chi connectivity index (χ2v) is 9.39. The summed E-state index contributed by atoms with van der Waals surface area (Å²) < 4.78 is 10.7. The first kappa shape index (κ1) is 21.4. The van der Waals surface area contributed by atoms with Crippen LogP contribution in [0.25, 0.3) is 33.0 Å². The normalized spacial score (nSPS) is 12.2. The molecule has 0 aliphatic heterocycles. The maximum absolute atomic E-state index is 13.2. The Hall–Kier alpha value is -4.16. The second kappa shape index (κ2) is 8.89. The van der Waals surface area contributed by atoms with Crippen LogP contribution in [0.3, 0.4) is 0 Å². The molecular weight excluding hydrogens is 454 g/mol. The van der Waals surface area contributed by atoms with Crippen molar-refractivity contribution in [3.63, 3.8) is 0 Å². The van der Waals surface area contributed by atoms with Crippen LogP contribution in [-0.4, -0.2) is 20.6 Å². The number of fused-ring (bicyclic) bond motifs is 4. The number of hydrogen-bond acceptors (Lipinski definition) is 4. The molecule has 0 bridgehead atoms. The third-order valence-electron chi connectivity index (χ3n) is 6.18. The van der Waals surface area contributed by atoms with E-state index in [0.717, 1.165) is 50.2 Å². The second-order valence-electron chi connectivity index (χ2n) is 8.38. The molecule has 0 unspecified atom stereocenters. The van der Waals surface area contributed by atoms with Crippen molar-refractivity contribution in [2.45, 2.75) is 13.0 Å². The van der Waals surface area contributed by atoms with Crippen LogP contribution in [0.2, 0.25) is 0 Å². The standard InChI is InChI=1S/C29H23N3O2S/c1-2-9-20-10-3-8-15-26(20)34-17-16-31-19-21(22-11-4-6-13-24(22)31)18-27-28(33)32-25-14-7-5-12-23(25)30-29(32)35-27/h2-8,10-15,18-19H,1,9,16-17H2/b27-18-. The van der Waals surface area contributed by atoms with Gasteiger partial charge in [0.2, 0.25) is 0 Å². The van der Waals surface area contributed by atoms with Crippen molar-refractivity contribution in [2.24, 2.45) is 0 Å². The minimum atomic E-state index is -0.0299. The summed E-state index contributed by atoms with van der Waals surface area (Å²) in [7, 11) is 0. The first-order chi connectivity index (χ1) is 17.2. The number of para-hydroxylation sites is 4. The molecule has 0 saturated carbocycles. The van der Waals surface area contributed by atoms with Crippen LogP contribution in [0.5, 0.6) is 5.75 Å². The van der Waals surface area contributed by atoms with Gasteiger partial charge in [-0.05, 0) is 42.3 Å². The molecule has 35 heavy (non-hydrogen) atoms. The molecule has 3 heterocycles. The van der Waals surface area contributed by atoms with Crippen molar-refractivity contribution in [3.05, 3.63) is 118 Å². The third kappa shape index (κ3) is 3.82. The van der Waals surface area contributed by atoms with Crippen molar-refractivity contribution >= 4 is 44.3 Å². The predicted molar refractivity (Wildman–Crippen MR) is 143 cm³/mol. The fourth-order valence-electron chi connectivity index (χ4n) is 4.55. The monoisotopic (exact) mass is 477 g/mol. The van der Waals surface area contributed by atoms with E-state index in [0.29, 0.717) is 17.7 Å². The lowest BCUT2D eigenvalue weighted by Gasteiger charge is -2.11. The zero-order chi connectivity index (χ0) is 23.8. The molecule has 3 aromatic heterocycles. The van der Waals surface area contributed by atoms with E-state index >= 15 is 0 Å². The molecule has 6 rings (SSSR count). The van der Waals surface area contributed by atoms with E-state index in [1.54, 1.807) is 4.40 Å². The third-order valence-corrected chi connectivity index (χ3v) is 7.15. The Bertz CT molecular complexity index is 1810. The van der Waals surface area contributed by atoms with E-state index in [9.17, 15) is 4.79 Å². The average Bonchev–Trinajstić information content (AvgIpc) is 3.52. The van der Waals surface area contributed by atoms with Crippen molar-refractivity contribution < 1.29 is 4.74 Å². The molecule has 0 amide bonds. The number of nitrogens with zero attached hydrogens (tertiary/aromatic N) is 3.